The molecule has 0 aliphatic carbocycles. The van der Waals surface area contributed by atoms with Gasteiger partial charge in [0.25, 0.3) is 0 Å². The molecule has 1 saturated heterocycles. The molecule has 0 radical (unpaired) electrons. The first-order chi connectivity index (χ1) is 23.7. The summed E-state index contributed by atoms with van der Waals surface area (Å²) in [4.78, 5) is 12.9. The number of anilines is 1. The zero-order valence-corrected chi connectivity index (χ0v) is 30.1. The Morgan fingerprint density at radius 1 is 1.12 bits per heavy atom. The van der Waals surface area contributed by atoms with Crippen LogP contribution in [0.25, 0.3) is 0 Å². The van der Waals surface area contributed by atoms with Gasteiger partial charge in [-0.25, -0.2) is 0 Å². The number of fused-ring (bicyclic) bond motifs is 1. The highest BCUT2D eigenvalue weighted by Gasteiger charge is 2.47. The normalized spacial score (nSPS) is 21.8. The Bertz CT molecular complexity index is 1690. The lowest BCUT2D eigenvalue weighted by molar-refractivity contribution is -0.117. The van der Waals surface area contributed by atoms with Crippen LogP contribution in [0.1, 0.15) is 55.0 Å². The molecule has 4 aromatic rings. The summed E-state index contributed by atoms with van der Waals surface area (Å²) in [6, 6.07) is 24.1. The van der Waals surface area contributed by atoms with Crippen LogP contribution in [0.4, 0.5) is 5.69 Å². The monoisotopic (exact) mass is 683 g/mol. The molecule has 6 atom stereocenters. The first-order valence-electron chi connectivity index (χ1n) is 17.3. The summed E-state index contributed by atoms with van der Waals surface area (Å²) in [6.07, 6.45) is 4.27. The number of aromatic nitrogens is 3. The number of nitrogens with one attached hydrogen (secondary N) is 2. The van der Waals surface area contributed by atoms with E-state index in [4.69, 9.17) is 14.2 Å². The second-order valence-corrected chi connectivity index (χ2v) is 18.6. The Kier molecular flexibility index (Phi) is 10.8. The van der Waals surface area contributed by atoms with Crippen LogP contribution in [0.5, 0.6) is 11.5 Å². The van der Waals surface area contributed by atoms with Gasteiger partial charge in [0.15, 0.2) is 0 Å². The van der Waals surface area contributed by atoms with Crippen LogP contribution >= 0.6 is 0 Å². The van der Waals surface area contributed by atoms with Gasteiger partial charge in [0.05, 0.1) is 45.5 Å². The van der Waals surface area contributed by atoms with Crippen LogP contribution in [-0.4, -0.2) is 73.6 Å². The molecule has 2 unspecified atom stereocenters. The second-order valence-electron chi connectivity index (χ2n) is 13.9. The second kappa shape index (κ2) is 15.2. The molecule has 0 saturated carbocycles. The van der Waals surface area contributed by atoms with Crippen LogP contribution in [0.15, 0.2) is 79.0 Å². The van der Waals surface area contributed by atoms with Crippen molar-refractivity contribution in [2.24, 2.45) is 5.92 Å². The SMILES string of the molecule is COc1ccc([Si](C)(C)C(CCn2cc(C(CO)c3ccccc3)nn2)[C@H]2Oc3ccc(NC(=O)[C@H]4CCCN4)cc3[C@@H](OC)[C@@H]2C)cc1. The van der Waals surface area contributed by atoms with E-state index in [1.54, 1.807) is 14.2 Å². The lowest BCUT2D eigenvalue weighted by Gasteiger charge is -2.46. The number of aliphatic hydroxyl groups excluding tert-OH is 1. The minimum atomic E-state index is -2.22. The Morgan fingerprint density at radius 3 is 2.57 bits per heavy atom. The Labute approximate surface area is 290 Å². The molecular weight excluding hydrogens is 635 g/mol. The molecule has 260 valence electrons. The van der Waals surface area contributed by atoms with E-state index in [2.05, 4.69) is 53.1 Å². The van der Waals surface area contributed by atoms with Crippen molar-refractivity contribution < 1.29 is 24.1 Å². The smallest absolute Gasteiger partial charge is 0.241 e. The van der Waals surface area contributed by atoms with Gasteiger partial charge in [-0.2, -0.15) is 0 Å². The number of carbonyl (C=O) groups excluding carboxylic acids is 1. The van der Waals surface area contributed by atoms with Crippen molar-refractivity contribution >= 4 is 24.9 Å². The van der Waals surface area contributed by atoms with Gasteiger partial charge in [0.1, 0.15) is 17.6 Å². The summed E-state index contributed by atoms with van der Waals surface area (Å²) >= 11 is 0. The predicted molar refractivity (Wildman–Crippen MR) is 193 cm³/mol. The standard InChI is InChI=1S/C38H49N5O5Si/c1-25-36(47-3)30-22-27(40-38(45)32-12-9-20-39-32)13-18-34(30)48-37(25)35(49(4,5)29-16-14-28(46-2)15-17-29)19-21-43-23-33(41-42-43)31(24-44)26-10-7-6-8-11-26/h6-8,10-11,13-18,22-23,25,31-32,35-37,39,44H,9,12,19-21,24H2,1-5H3,(H,40,45)/t25-,31?,32+,35?,36-,37-/m0/s1. The number of methoxy groups -OCH3 is 2. The van der Waals surface area contributed by atoms with Gasteiger partial charge in [-0.1, -0.05) is 72.9 Å². The molecule has 1 fully saturated rings. The molecule has 2 aliphatic rings. The van der Waals surface area contributed by atoms with Crippen molar-refractivity contribution in [1.82, 2.24) is 20.3 Å². The van der Waals surface area contributed by atoms with Gasteiger partial charge in [0.2, 0.25) is 5.91 Å². The molecular formula is C38H49N5O5Si. The summed E-state index contributed by atoms with van der Waals surface area (Å²) in [7, 11) is 1.23. The van der Waals surface area contributed by atoms with Crippen LogP contribution in [-0.2, 0) is 16.1 Å². The van der Waals surface area contributed by atoms with Crippen molar-refractivity contribution in [3.05, 3.63) is 95.8 Å². The maximum Gasteiger partial charge on any atom is 0.241 e. The van der Waals surface area contributed by atoms with Gasteiger partial charge >= 0.3 is 0 Å². The molecule has 10 nitrogen and oxygen atoms in total. The van der Waals surface area contributed by atoms with E-state index in [0.717, 1.165) is 59.8 Å². The lowest BCUT2D eigenvalue weighted by Crippen LogP contribution is -2.54. The van der Waals surface area contributed by atoms with Crippen LogP contribution in [0.2, 0.25) is 18.6 Å². The number of aryl methyl sites for hydroxylation is 1. The summed E-state index contributed by atoms with van der Waals surface area (Å²) < 4.78 is 20.6. The lowest BCUT2D eigenvalue weighted by atomic mass is 9.86. The average molecular weight is 684 g/mol. The molecule has 1 amide bonds. The molecule has 3 heterocycles. The van der Waals surface area contributed by atoms with Crippen molar-refractivity contribution in [1.29, 1.82) is 0 Å². The van der Waals surface area contributed by atoms with Crippen molar-refractivity contribution in [3.8, 4) is 11.5 Å². The van der Waals surface area contributed by atoms with E-state index >= 15 is 0 Å². The fourth-order valence-corrected chi connectivity index (χ4v) is 11.2. The van der Waals surface area contributed by atoms with E-state index in [9.17, 15) is 9.90 Å². The topological polar surface area (TPSA) is 120 Å². The number of rotatable bonds is 13. The quantitative estimate of drug-likeness (QED) is 0.163. The van der Waals surface area contributed by atoms with Crippen molar-refractivity contribution in [2.45, 2.75) is 75.5 Å². The summed E-state index contributed by atoms with van der Waals surface area (Å²) in [6.45, 7) is 8.50. The Hall–Kier alpha value is -4.03. The molecule has 1 aromatic heterocycles. The summed E-state index contributed by atoms with van der Waals surface area (Å²) in [5.74, 6) is 1.40. The number of carbonyl (C=O) groups is 1. The molecule has 11 heteroatoms. The van der Waals surface area contributed by atoms with Crippen molar-refractivity contribution in [2.75, 3.05) is 32.7 Å². The number of amides is 1. The van der Waals surface area contributed by atoms with E-state index in [1.165, 1.54) is 5.19 Å². The number of benzene rings is 3. The fourth-order valence-electron chi connectivity index (χ4n) is 7.67. The molecule has 6 rings (SSSR count). The number of aliphatic hydroxyl groups is 1. The van der Waals surface area contributed by atoms with Crippen LogP contribution in [0, 0.1) is 5.92 Å². The maximum atomic E-state index is 12.9. The molecule has 0 spiro atoms. The Balaban J connectivity index is 1.28. The number of ether oxygens (including phenoxy) is 3. The number of hydrogen-bond acceptors (Lipinski definition) is 8. The van der Waals surface area contributed by atoms with Crippen molar-refractivity contribution in [3.63, 3.8) is 0 Å². The average Bonchev–Trinajstić information content (AvgIpc) is 3.83. The third-order valence-corrected chi connectivity index (χ3v) is 14.9. The van der Waals surface area contributed by atoms with Crippen LogP contribution < -0.4 is 25.3 Å². The molecule has 3 aromatic carbocycles. The zero-order valence-electron chi connectivity index (χ0n) is 29.1. The maximum absolute atomic E-state index is 12.9. The summed E-state index contributed by atoms with van der Waals surface area (Å²) in [5.41, 5.74) is 3.62. The third kappa shape index (κ3) is 7.45. The Morgan fingerprint density at radius 2 is 1.90 bits per heavy atom. The predicted octanol–water partition coefficient (Wildman–Crippen LogP) is 5.26. The number of hydrogen-bond donors (Lipinski definition) is 3. The van der Waals surface area contributed by atoms with Crippen LogP contribution in [0.3, 0.4) is 0 Å². The van der Waals surface area contributed by atoms with E-state index in [1.807, 2.05) is 71.5 Å². The third-order valence-electron chi connectivity index (χ3n) is 10.6. The van der Waals surface area contributed by atoms with Gasteiger partial charge in [0, 0.05) is 37.0 Å². The zero-order chi connectivity index (χ0) is 34.5. The first-order valence-corrected chi connectivity index (χ1v) is 20.4. The van der Waals surface area contributed by atoms with Gasteiger partial charge in [-0.05, 0) is 67.2 Å². The highest BCUT2D eigenvalue weighted by Crippen LogP contribution is 2.48. The largest absolute Gasteiger partial charge is 0.497 e. The van der Waals surface area contributed by atoms with E-state index in [-0.39, 0.29) is 48.1 Å². The van der Waals surface area contributed by atoms with E-state index in [0.29, 0.717) is 6.54 Å². The molecule has 0 bridgehead atoms. The molecule has 2 aliphatic heterocycles. The molecule has 49 heavy (non-hydrogen) atoms. The fraction of sp³-hybridized carbons (Fsp3) is 0.447. The van der Waals surface area contributed by atoms with Gasteiger partial charge < -0.3 is 30.0 Å². The van der Waals surface area contributed by atoms with Gasteiger partial charge in [-0.3, -0.25) is 9.48 Å². The minimum Gasteiger partial charge on any atom is -0.497 e. The first kappa shape index (κ1) is 34.8. The van der Waals surface area contributed by atoms with E-state index < -0.39 is 8.07 Å². The summed E-state index contributed by atoms with van der Waals surface area (Å²) in [5, 5.41) is 26.9. The molecule has 3 N–H and O–H groups in total. The number of nitrogens with zero attached hydrogens (tertiary/aromatic N) is 3. The highest BCUT2D eigenvalue weighted by atomic mass is 28.3. The van der Waals surface area contributed by atoms with Gasteiger partial charge in [-0.15, -0.1) is 5.10 Å². The highest BCUT2D eigenvalue weighted by molar-refractivity contribution is 6.91. The minimum absolute atomic E-state index is 0.00767.